The first kappa shape index (κ1) is 16.8. The van der Waals surface area contributed by atoms with Gasteiger partial charge in [-0.15, -0.1) is 0 Å². The van der Waals surface area contributed by atoms with E-state index in [9.17, 15) is 8.78 Å². The first-order valence-corrected chi connectivity index (χ1v) is 8.59. The molecule has 1 aliphatic heterocycles. The Morgan fingerprint density at radius 1 is 1.29 bits per heavy atom. The van der Waals surface area contributed by atoms with Crippen LogP contribution in [0.2, 0.25) is 0 Å². The van der Waals surface area contributed by atoms with Crippen molar-refractivity contribution in [2.45, 2.75) is 37.8 Å². The summed E-state index contributed by atoms with van der Waals surface area (Å²) in [6.07, 6.45) is 2.65. The van der Waals surface area contributed by atoms with Crippen molar-refractivity contribution in [1.82, 2.24) is 10.2 Å². The number of furan rings is 1. The van der Waals surface area contributed by atoms with Gasteiger partial charge in [0.05, 0.1) is 12.3 Å². The molecule has 0 aliphatic carbocycles. The van der Waals surface area contributed by atoms with Gasteiger partial charge in [-0.2, -0.15) is 8.78 Å². The van der Waals surface area contributed by atoms with E-state index in [0.717, 1.165) is 18.8 Å². The Labute approximate surface area is 129 Å². The first-order valence-electron chi connectivity index (χ1n) is 7.54. The molecule has 1 aliphatic rings. The molecular weight excluding hydrogens is 294 g/mol. The van der Waals surface area contributed by atoms with Gasteiger partial charge in [-0.3, -0.25) is 0 Å². The summed E-state index contributed by atoms with van der Waals surface area (Å²) in [6, 6.07) is 3.64. The SMILES string of the molecule is CC(CNCc1ccc(CSC(F)F)o1)CN1CCCC1. The van der Waals surface area contributed by atoms with Crippen LogP contribution in [0.25, 0.3) is 0 Å². The number of rotatable bonds is 9. The summed E-state index contributed by atoms with van der Waals surface area (Å²) < 4.78 is 29.7. The van der Waals surface area contributed by atoms with Crippen LogP contribution in [0.4, 0.5) is 8.78 Å². The highest BCUT2D eigenvalue weighted by atomic mass is 32.2. The van der Waals surface area contributed by atoms with Crippen LogP contribution in [-0.4, -0.2) is 36.8 Å². The molecule has 1 N–H and O–H groups in total. The second kappa shape index (κ2) is 8.76. The van der Waals surface area contributed by atoms with Gasteiger partial charge in [-0.25, -0.2) is 0 Å². The summed E-state index contributed by atoms with van der Waals surface area (Å²) in [6.45, 7) is 7.45. The predicted octanol–water partition coefficient (Wildman–Crippen LogP) is 3.56. The maximum absolute atomic E-state index is 12.1. The third-order valence-corrected chi connectivity index (χ3v) is 4.33. The van der Waals surface area contributed by atoms with E-state index in [2.05, 4.69) is 17.1 Å². The molecule has 0 saturated carbocycles. The Balaban J connectivity index is 1.61. The summed E-state index contributed by atoms with van der Waals surface area (Å²) in [5.41, 5.74) is 0. The molecule has 1 aromatic heterocycles. The molecule has 1 atom stereocenters. The summed E-state index contributed by atoms with van der Waals surface area (Å²) in [5, 5.41) is 3.38. The Morgan fingerprint density at radius 2 is 2.00 bits per heavy atom. The van der Waals surface area contributed by atoms with Crippen molar-refractivity contribution in [3.63, 3.8) is 0 Å². The van der Waals surface area contributed by atoms with E-state index in [4.69, 9.17) is 4.42 Å². The van der Waals surface area contributed by atoms with Gasteiger partial charge < -0.3 is 14.6 Å². The highest BCUT2D eigenvalue weighted by Gasteiger charge is 2.14. The van der Waals surface area contributed by atoms with Crippen molar-refractivity contribution in [3.8, 4) is 0 Å². The van der Waals surface area contributed by atoms with E-state index in [0.29, 0.717) is 30.0 Å². The van der Waals surface area contributed by atoms with Gasteiger partial charge in [0.2, 0.25) is 0 Å². The lowest BCUT2D eigenvalue weighted by atomic mass is 10.1. The average molecular weight is 318 g/mol. The molecule has 2 heterocycles. The highest BCUT2D eigenvalue weighted by molar-refractivity contribution is 7.98. The normalized spacial score (nSPS) is 17.7. The molecule has 6 heteroatoms. The minimum atomic E-state index is -2.34. The van der Waals surface area contributed by atoms with Gasteiger partial charge >= 0.3 is 0 Å². The molecule has 120 valence electrons. The Hall–Kier alpha value is -0.590. The third-order valence-electron chi connectivity index (χ3n) is 3.63. The van der Waals surface area contributed by atoms with Crippen LogP contribution in [0.3, 0.4) is 0 Å². The maximum atomic E-state index is 12.1. The molecule has 0 radical (unpaired) electrons. The quantitative estimate of drug-likeness (QED) is 0.754. The molecule has 1 fully saturated rings. The summed E-state index contributed by atoms with van der Waals surface area (Å²) in [4.78, 5) is 2.51. The zero-order valence-electron chi connectivity index (χ0n) is 12.5. The lowest BCUT2D eigenvalue weighted by Crippen LogP contribution is -2.31. The van der Waals surface area contributed by atoms with Crippen LogP contribution < -0.4 is 5.32 Å². The number of hydrogen-bond donors (Lipinski definition) is 1. The van der Waals surface area contributed by atoms with Crippen molar-refractivity contribution in [2.24, 2.45) is 5.92 Å². The van der Waals surface area contributed by atoms with Crippen molar-refractivity contribution in [3.05, 3.63) is 23.7 Å². The number of nitrogens with one attached hydrogen (secondary N) is 1. The van der Waals surface area contributed by atoms with Crippen molar-refractivity contribution in [1.29, 1.82) is 0 Å². The second-order valence-corrected chi connectivity index (χ2v) is 6.66. The van der Waals surface area contributed by atoms with Crippen LogP contribution in [-0.2, 0) is 12.3 Å². The minimum Gasteiger partial charge on any atom is -0.464 e. The largest absolute Gasteiger partial charge is 0.464 e. The summed E-state index contributed by atoms with van der Waals surface area (Å²) in [7, 11) is 0. The molecule has 2 rings (SSSR count). The van der Waals surface area contributed by atoms with Gasteiger partial charge in [-0.05, 0) is 50.5 Å². The van der Waals surface area contributed by atoms with Crippen molar-refractivity contribution < 1.29 is 13.2 Å². The second-order valence-electron chi connectivity index (χ2n) is 5.68. The van der Waals surface area contributed by atoms with E-state index in [1.54, 1.807) is 6.07 Å². The third kappa shape index (κ3) is 6.36. The number of hydrogen-bond acceptors (Lipinski definition) is 4. The standard InChI is InChI=1S/C15H24F2N2OS/c1-12(10-19-6-2-3-7-19)8-18-9-13-4-5-14(20-13)11-21-15(16)17/h4-5,12,15,18H,2-3,6-11H2,1H3. The molecule has 0 aromatic carbocycles. The molecule has 3 nitrogen and oxygen atoms in total. The van der Waals surface area contributed by atoms with Crippen LogP contribution in [0, 0.1) is 5.92 Å². The minimum absolute atomic E-state index is 0.225. The van der Waals surface area contributed by atoms with Crippen LogP contribution >= 0.6 is 11.8 Å². The zero-order chi connectivity index (χ0) is 15.1. The Bertz CT molecular complexity index is 408. The number of halogens is 2. The average Bonchev–Trinajstić information content (AvgIpc) is 3.08. The van der Waals surface area contributed by atoms with E-state index >= 15 is 0 Å². The van der Waals surface area contributed by atoms with E-state index in [-0.39, 0.29) is 5.75 Å². The van der Waals surface area contributed by atoms with E-state index < -0.39 is 5.76 Å². The molecule has 0 spiro atoms. The predicted molar refractivity (Wildman–Crippen MR) is 82.6 cm³/mol. The fourth-order valence-electron chi connectivity index (χ4n) is 2.65. The van der Waals surface area contributed by atoms with Gasteiger partial charge in [0.25, 0.3) is 5.76 Å². The summed E-state index contributed by atoms with van der Waals surface area (Å²) >= 11 is 0.591. The van der Waals surface area contributed by atoms with Crippen molar-refractivity contribution in [2.75, 3.05) is 26.2 Å². The Morgan fingerprint density at radius 3 is 2.71 bits per heavy atom. The van der Waals surface area contributed by atoms with Gasteiger partial charge in [-0.1, -0.05) is 18.7 Å². The van der Waals surface area contributed by atoms with Gasteiger partial charge in [0, 0.05) is 6.54 Å². The number of nitrogens with zero attached hydrogens (tertiary/aromatic N) is 1. The van der Waals surface area contributed by atoms with Crippen LogP contribution in [0.15, 0.2) is 16.5 Å². The zero-order valence-corrected chi connectivity index (χ0v) is 13.3. The molecule has 1 unspecified atom stereocenters. The highest BCUT2D eigenvalue weighted by Crippen LogP contribution is 2.21. The summed E-state index contributed by atoms with van der Waals surface area (Å²) in [5.74, 6) is -0.0891. The fraction of sp³-hybridized carbons (Fsp3) is 0.733. The number of likely N-dealkylation sites (tertiary alicyclic amines) is 1. The molecule has 1 aromatic rings. The van der Waals surface area contributed by atoms with Gasteiger partial charge in [0.1, 0.15) is 11.5 Å². The molecule has 21 heavy (non-hydrogen) atoms. The number of thioether (sulfide) groups is 1. The fourth-order valence-corrected chi connectivity index (χ4v) is 3.10. The van der Waals surface area contributed by atoms with Crippen molar-refractivity contribution >= 4 is 11.8 Å². The lowest BCUT2D eigenvalue weighted by Gasteiger charge is -2.20. The van der Waals surface area contributed by atoms with E-state index in [1.165, 1.54) is 25.9 Å². The van der Waals surface area contributed by atoms with Crippen LogP contribution in [0.5, 0.6) is 0 Å². The topological polar surface area (TPSA) is 28.4 Å². The number of alkyl halides is 2. The van der Waals surface area contributed by atoms with Gasteiger partial charge in [0.15, 0.2) is 0 Å². The molecular formula is C15H24F2N2OS. The first-order chi connectivity index (χ1) is 10.1. The van der Waals surface area contributed by atoms with E-state index in [1.807, 2.05) is 6.07 Å². The smallest absolute Gasteiger partial charge is 0.284 e. The molecule has 1 saturated heterocycles. The molecule has 0 amide bonds. The lowest BCUT2D eigenvalue weighted by molar-refractivity contribution is 0.251. The van der Waals surface area contributed by atoms with Crippen LogP contribution in [0.1, 0.15) is 31.3 Å². The Kier molecular flexibility index (Phi) is 6.99. The maximum Gasteiger partial charge on any atom is 0.284 e. The molecule has 0 bridgehead atoms. The monoisotopic (exact) mass is 318 g/mol.